The molecule has 0 bridgehead atoms. The standard InChI is InChI=1S/C16H21NO3S2/c1-10-5-4-7-16(2,3)11(10)9-12-14(20)17(15(21)22-12)8-6-13(18)19/h9H,4-8H2,1-3H3,(H,18,19)/b12-9-. The van der Waals surface area contributed by atoms with Gasteiger partial charge in [0.1, 0.15) is 4.32 Å². The van der Waals surface area contributed by atoms with Gasteiger partial charge >= 0.3 is 5.97 Å². The lowest BCUT2D eigenvalue weighted by molar-refractivity contribution is -0.137. The molecule has 0 spiro atoms. The number of hydrogen-bond donors (Lipinski definition) is 1. The highest BCUT2D eigenvalue weighted by atomic mass is 32.2. The van der Waals surface area contributed by atoms with Crippen LogP contribution in [-0.4, -0.2) is 32.7 Å². The van der Waals surface area contributed by atoms with Crippen molar-refractivity contribution in [2.75, 3.05) is 6.54 Å². The lowest BCUT2D eigenvalue weighted by Crippen LogP contribution is -2.30. The van der Waals surface area contributed by atoms with Crippen molar-refractivity contribution >= 4 is 40.2 Å². The van der Waals surface area contributed by atoms with E-state index in [0.29, 0.717) is 9.23 Å². The molecule has 1 aliphatic carbocycles. The molecule has 2 rings (SSSR count). The SMILES string of the molecule is CC1=C(/C=C2\SC(=S)N(CCC(=O)O)C2=O)C(C)(C)CCC1. The second-order valence-electron chi connectivity index (χ2n) is 6.41. The third kappa shape index (κ3) is 3.60. The lowest BCUT2D eigenvalue weighted by Gasteiger charge is -2.33. The summed E-state index contributed by atoms with van der Waals surface area (Å²) in [4.78, 5) is 25.1. The Bertz CT molecular complexity index is 590. The maximum atomic E-state index is 12.5. The Balaban J connectivity index is 2.24. The van der Waals surface area contributed by atoms with Gasteiger partial charge in [-0.15, -0.1) is 0 Å². The van der Waals surface area contributed by atoms with Crippen molar-refractivity contribution in [2.45, 2.75) is 46.5 Å². The van der Waals surface area contributed by atoms with E-state index in [2.05, 4.69) is 20.8 Å². The third-order valence-corrected chi connectivity index (χ3v) is 5.62. The van der Waals surface area contributed by atoms with Crippen LogP contribution in [0.3, 0.4) is 0 Å². The quantitative estimate of drug-likeness (QED) is 0.625. The smallest absolute Gasteiger partial charge is 0.305 e. The number of carbonyl (C=O) groups excluding carboxylic acids is 1. The Morgan fingerprint density at radius 1 is 1.50 bits per heavy atom. The first-order valence-corrected chi connectivity index (χ1v) is 8.62. The van der Waals surface area contributed by atoms with E-state index in [1.165, 1.54) is 34.2 Å². The molecule has 0 atom stereocenters. The largest absolute Gasteiger partial charge is 0.481 e. The van der Waals surface area contributed by atoms with E-state index in [9.17, 15) is 9.59 Å². The van der Waals surface area contributed by atoms with Crippen LogP contribution in [0.1, 0.15) is 46.5 Å². The van der Waals surface area contributed by atoms with Gasteiger partial charge in [0.05, 0.1) is 11.3 Å². The minimum atomic E-state index is -0.926. The first-order valence-electron chi connectivity index (χ1n) is 7.40. The number of allylic oxidation sites excluding steroid dienone is 3. The van der Waals surface area contributed by atoms with Crippen LogP contribution in [0.15, 0.2) is 22.1 Å². The summed E-state index contributed by atoms with van der Waals surface area (Å²) in [6.45, 7) is 6.66. The van der Waals surface area contributed by atoms with Gasteiger partial charge in [-0.25, -0.2) is 0 Å². The average molecular weight is 339 g/mol. The molecule has 22 heavy (non-hydrogen) atoms. The maximum absolute atomic E-state index is 12.5. The number of amides is 1. The average Bonchev–Trinajstić information content (AvgIpc) is 2.66. The number of carboxylic acids is 1. The van der Waals surface area contributed by atoms with Crippen LogP contribution < -0.4 is 0 Å². The number of nitrogens with zero attached hydrogens (tertiary/aromatic N) is 1. The first-order chi connectivity index (χ1) is 10.2. The summed E-state index contributed by atoms with van der Waals surface area (Å²) < 4.78 is 0.448. The topological polar surface area (TPSA) is 57.6 Å². The zero-order valence-corrected chi connectivity index (χ0v) is 14.8. The molecule has 1 amide bonds. The lowest BCUT2D eigenvalue weighted by atomic mass is 9.72. The molecule has 120 valence electrons. The van der Waals surface area contributed by atoms with Crippen LogP contribution in [0.4, 0.5) is 0 Å². The summed E-state index contributed by atoms with van der Waals surface area (Å²) in [6.07, 6.45) is 5.22. The summed E-state index contributed by atoms with van der Waals surface area (Å²) in [5.74, 6) is -1.09. The van der Waals surface area contributed by atoms with Crippen molar-refractivity contribution < 1.29 is 14.7 Å². The highest BCUT2D eigenvalue weighted by Crippen LogP contribution is 2.43. The minimum absolute atomic E-state index is 0.0618. The second-order valence-corrected chi connectivity index (χ2v) is 8.08. The van der Waals surface area contributed by atoms with E-state index in [4.69, 9.17) is 17.3 Å². The third-order valence-electron chi connectivity index (χ3n) is 4.24. The highest BCUT2D eigenvalue weighted by molar-refractivity contribution is 8.26. The number of thiocarbonyl (C=S) groups is 1. The Kier molecular flexibility index (Phi) is 5.12. The molecule has 1 aliphatic heterocycles. The fourth-order valence-corrected chi connectivity index (χ4v) is 4.28. The Morgan fingerprint density at radius 3 is 2.77 bits per heavy atom. The molecule has 6 heteroatoms. The van der Waals surface area contributed by atoms with Gasteiger partial charge in [-0.1, -0.05) is 43.4 Å². The van der Waals surface area contributed by atoms with Gasteiger partial charge in [-0.05, 0) is 43.3 Å². The van der Waals surface area contributed by atoms with Crippen LogP contribution in [0.5, 0.6) is 0 Å². The van der Waals surface area contributed by atoms with Gasteiger partial charge in [0.25, 0.3) is 5.91 Å². The molecule has 0 aromatic heterocycles. The zero-order chi connectivity index (χ0) is 16.5. The van der Waals surface area contributed by atoms with Crippen molar-refractivity contribution in [1.82, 2.24) is 4.90 Å². The number of hydrogen-bond acceptors (Lipinski definition) is 4. The summed E-state index contributed by atoms with van der Waals surface area (Å²) in [5.41, 5.74) is 2.61. The molecule has 0 radical (unpaired) electrons. The van der Waals surface area contributed by atoms with Crippen LogP contribution >= 0.6 is 24.0 Å². The fraction of sp³-hybridized carbons (Fsp3) is 0.562. The van der Waals surface area contributed by atoms with E-state index in [1.807, 2.05) is 6.08 Å². The molecule has 2 aliphatic rings. The summed E-state index contributed by atoms with van der Waals surface area (Å²) >= 11 is 6.49. The molecule has 0 aromatic carbocycles. The van der Waals surface area contributed by atoms with E-state index < -0.39 is 5.97 Å². The van der Waals surface area contributed by atoms with Crippen LogP contribution in [0.2, 0.25) is 0 Å². The van der Waals surface area contributed by atoms with Gasteiger partial charge in [0, 0.05) is 6.54 Å². The normalized spacial score (nSPS) is 23.6. The highest BCUT2D eigenvalue weighted by Gasteiger charge is 2.34. The van der Waals surface area contributed by atoms with Crippen molar-refractivity contribution in [3.05, 3.63) is 22.1 Å². The second kappa shape index (κ2) is 6.54. The Morgan fingerprint density at radius 2 is 2.18 bits per heavy atom. The fourth-order valence-electron chi connectivity index (χ4n) is 2.99. The summed E-state index contributed by atoms with van der Waals surface area (Å²) in [5, 5.41) is 8.77. The molecular weight excluding hydrogens is 318 g/mol. The molecule has 1 saturated heterocycles. The van der Waals surface area contributed by atoms with Gasteiger partial charge in [0.2, 0.25) is 0 Å². The van der Waals surface area contributed by atoms with E-state index in [-0.39, 0.29) is 24.3 Å². The molecule has 4 nitrogen and oxygen atoms in total. The van der Waals surface area contributed by atoms with Gasteiger partial charge in [0.15, 0.2) is 0 Å². The van der Waals surface area contributed by atoms with Crippen LogP contribution in [-0.2, 0) is 9.59 Å². The molecular formula is C16H21NO3S2. The molecule has 0 aromatic rings. The molecule has 0 saturated carbocycles. The predicted octanol–water partition coefficient (Wildman–Crippen LogP) is 3.73. The van der Waals surface area contributed by atoms with Crippen LogP contribution in [0.25, 0.3) is 0 Å². The van der Waals surface area contributed by atoms with Crippen molar-refractivity contribution in [1.29, 1.82) is 0 Å². The number of thioether (sulfide) groups is 1. The van der Waals surface area contributed by atoms with E-state index in [0.717, 1.165) is 12.8 Å². The molecule has 1 heterocycles. The predicted molar refractivity (Wildman–Crippen MR) is 92.6 cm³/mol. The van der Waals surface area contributed by atoms with Crippen LogP contribution in [0, 0.1) is 5.41 Å². The Hall–Kier alpha value is -1.14. The van der Waals surface area contributed by atoms with E-state index in [1.54, 1.807) is 0 Å². The van der Waals surface area contributed by atoms with Crippen molar-refractivity contribution in [3.8, 4) is 0 Å². The summed E-state index contributed by atoms with van der Waals surface area (Å²) in [6, 6.07) is 0. The van der Waals surface area contributed by atoms with E-state index >= 15 is 0 Å². The molecule has 0 unspecified atom stereocenters. The molecule has 1 N–H and O–H groups in total. The monoisotopic (exact) mass is 339 g/mol. The van der Waals surface area contributed by atoms with Crippen molar-refractivity contribution in [3.63, 3.8) is 0 Å². The van der Waals surface area contributed by atoms with Gasteiger partial charge in [-0.3, -0.25) is 14.5 Å². The number of rotatable bonds is 4. The number of aliphatic carboxylic acids is 1. The zero-order valence-electron chi connectivity index (χ0n) is 13.1. The first kappa shape index (κ1) is 17.2. The number of carboxylic acid groups (broad SMARTS) is 1. The maximum Gasteiger partial charge on any atom is 0.305 e. The summed E-state index contributed by atoms with van der Waals surface area (Å²) in [7, 11) is 0. The van der Waals surface area contributed by atoms with Gasteiger partial charge in [-0.2, -0.15) is 0 Å². The Labute approximate surface area is 140 Å². The minimum Gasteiger partial charge on any atom is -0.481 e. The number of carbonyl (C=O) groups is 2. The van der Waals surface area contributed by atoms with Gasteiger partial charge < -0.3 is 5.11 Å². The molecule has 1 fully saturated rings. The van der Waals surface area contributed by atoms with Crippen molar-refractivity contribution in [2.24, 2.45) is 5.41 Å².